The van der Waals surface area contributed by atoms with E-state index in [1.807, 2.05) is 4.72 Å². The second-order valence-corrected chi connectivity index (χ2v) is 4.94. The van der Waals surface area contributed by atoms with Crippen LogP contribution in [0.1, 0.15) is 0 Å². The van der Waals surface area contributed by atoms with Gasteiger partial charge in [-0.1, -0.05) is 11.6 Å². The standard InChI is InChI=1S/C6H5Cl2NO3S/c7-4-1-2-6(10)5(3-4)9-13(8,11)12/h1-3,9-10H. The molecule has 0 atom stereocenters. The third kappa shape index (κ3) is 3.30. The lowest BCUT2D eigenvalue weighted by Crippen LogP contribution is -2.04. The summed E-state index contributed by atoms with van der Waals surface area (Å²) in [6.45, 7) is 0. The average Bonchev–Trinajstić information content (AvgIpc) is 1.94. The van der Waals surface area contributed by atoms with Gasteiger partial charge in [-0.2, -0.15) is 8.42 Å². The van der Waals surface area contributed by atoms with E-state index in [0.29, 0.717) is 5.02 Å². The van der Waals surface area contributed by atoms with Crippen LogP contribution >= 0.6 is 22.3 Å². The van der Waals surface area contributed by atoms with E-state index in [0.717, 1.165) is 0 Å². The first-order chi connectivity index (χ1) is 5.88. The van der Waals surface area contributed by atoms with E-state index in [9.17, 15) is 8.42 Å². The molecule has 72 valence electrons. The molecule has 1 rings (SSSR count). The third-order valence-corrected chi connectivity index (χ3v) is 2.12. The van der Waals surface area contributed by atoms with Crippen LogP contribution in [0.25, 0.3) is 0 Å². The highest BCUT2D eigenvalue weighted by Gasteiger charge is 2.08. The molecule has 0 spiro atoms. The van der Waals surface area contributed by atoms with Crippen LogP contribution in [-0.4, -0.2) is 13.5 Å². The van der Waals surface area contributed by atoms with Gasteiger partial charge in [0.1, 0.15) is 5.75 Å². The Labute approximate surface area is 84.6 Å². The molecule has 0 amide bonds. The fraction of sp³-hybridized carbons (Fsp3) is 0. The number of anilines is 1. The quantitative estimate of drug-likeness (QED) is 0.615. The summed E-state index contributed by atoms with van der Waals surface area (Å²) >= 11 is 5.56. The molecule has 1 aromatic rings. The van der Waals surface area contributed by atoms with Crippen molar-refractivity contribution in [1.82, 2.24) is 0 Å². The van der Waals surface area contributed by atoms with Crippen LogP contribution in [0.5, 0.6) is 5.75 Å². The minimum absolute atomic E-state index is 0.0532. The number of nitrogens with one attached hydrogen (secondary N) is 1. The predicted molar refractivity (Wildman–Crippen MR) is 51.5 cm³/mol. The summed E-state index contributed by atoms with van der Waals surface area (Å²) in [7, 11) is 0.986. The first-order valence-corrected chi connectivity index (χ1v) is 5.78. The Morgan fingerprint density at radius 1 is 1.38 bits per heavy atom. The molecule has 0 saturated heterocycles. The second-order valence-electron chi connectivity index (χ2n) is 2.20. The van der Waals surface area contributed by atoms with Gasteiger partial charge in [0.15, 0.2) is 0 Å². The highest BCUT2D eigenvalue weighted by Crippen LogP contribution is 2.27. The number of aromatic hydroxyl groups is 1. The van der Waals surface area contributed by atoms with Crippen LogP contribution in [0.3, 0.4) is 0 Å². The molecule has 0 saturated carbocycles. The number of hydrogen-bond donors (Lipinski definition) is 2. The van der Waals surface area contributed by atoms with Crippen LogP contribution in [0.15, 0.2) is 18.2 Å². The maximum Gasteiger partial charge on any atom is 0.319 e. The average molecular weight is 242 g/mol. The van der Waals surface area contributed by atoms with E-state index in [1.165, 1.54) is 18.2 Å². The summed E-state index contributed by atoms with van der Waals surface area (Å²) in [6.07, 6.45) is 0. The number of halogens is 2. The van der Waals surface area contributed by atoms with E-state index in [1.54, 1.807) is 0 Å². The van der Waals surface area contributed by atoms with Crippen LogP contribution < -0.4 is 4.72 Å². The van der Waals surface area contributed by atoms with Gasteiger partial charge in [0, 0.05) is 15.7 Å². The summed E-state index contributed by atoms with van der Waals surface area (Å²) < 4.78 is 23.0. The predicted octanol–water partition coefficient (Wildman–Crippen LogP) is 1.94. The largest absolute Gasteiger partial charge is 0.506 e. The lowest BCUT2D eigenvalue weighted by atomic mass is 10.3. The number of rotatable bonds is 2. The Kier molecular flexibility index (Phi) is 2.90. The molecule has 0 radical (unpaired) electrons. The molecule has 0 unspecified atom stereocenters. The number of benzene rings is 1. The Morgan fingerprint density at radius 3 is 2.54 bits per heavy atom. The van der Waals surface area contributed by atoms with Crippen LogP contribution in [0.4, 0.5) is 5.69 Å². The van der Waals surface area contributed by atoms with Gasteiger partial charge in [0.05, 0.1) is 5.69 Å². The van der Waals surface area contributed by atoms with Crippen molar-refractivity contribution in [1.29, 1.82) is 0 Å². The summed E-state index contributed by atoms with van der Waals surface area (Å²) in [5.74, 6) is -0.242. The van der Waals surface area contributed by atoms with Crippen molar-refractivity contribution >= 4 is 37.2 Å². The smallest absolute Gasteiger partial charge is 0.319 e. The van der Waals surface area contributed by atoms with E-state index in [2.05, 4.69) is 0 Å². The van der Waals surface area contributed by atoms with Gasteiger partial charge in [-0.15, -0.1) is 0 Å². The molecule has 1 aromatic carbocycles. The van der Waals surface area contributed by atoms with E-state index < -0.39 is 9.24 Å². The number of phenolic OH excluding ortho intramolecular Hbond substituents is 1. The van der Waals surface area contributed by atoms with Crippen molar-refractivity contribution in [2.75, 3.05) is 4.72 Å². The molecule has 0 aliphatic heterocycles. The summed E-state index contributed by atoms with van der Waals surface area (Å²) in [5.41, 5.74) is -0.0532. The minimum Gasteiger partial charge on any atom is -0.506 e. The zero-order chi connectivity index (χ0) is 10.1. The highest BCUT2D eigenvalue weighted by molar-refractivity contribution is 8.14. The molecule has 13 heavy (non-hydrogen) atoms. The molecular weight excluding hydrogens is 237 g/mol. The van der Waals surface area contributed by atoms with Crippen molar-refractivity contribution in [3.63, 3.8) is 0 Å². The van der Waals surface area contributed by atoms with Gasteiger partial charge in [-0.25, -0.2) is 0 Å². The van der Waals surface area contributed by atoms with Crippen molar-refractivity contribution in [3.8, 4) is 5.75 Å². The van der Waals surface area contributed by atoms with Crippen molar-refractivity contribution in [2.45, 2.75) is 0 Å². The van der Waals surface area contributed by atoms with Crippen LogP contribution in [0, 0.1) is 0 Å². The van der Waals surface area contributed by atoms with Gasteiger partial charge >= 0.3 is 9.24 Å². The molecule has 0 heterocycles. The topological polar surface area (TPSA) is 66.4 Å². The normalized spacial score (nSPS) is 11.2. The number of hydrogen-bond acceptors (Lipinski definition) is 3. The van der Waals surface area contributed by atoms with Crippen LogP contribution in [0.2, 0.25) is 5.02 Å². The van der Waals surface area contributed by atoms with Gasteiger partial charge < -0.3 is 5.11 Å². The summed E-state index contributed by atoms with van der Waals surface area (Å²) in [4.78, 5) is 0. The van der Waals surface area contributed by atoms with E-state index >= 15 is 0 Å². The fourth-order valence-electron chi connectivity index (χ4n) is 0.721. The molecular formula is C6H5Cl2NO3S. The first-order valence-electron chi connectivity index (χ1n) is 3.09. The molecule has 4 nitrogen and oxygen atoms in total. The Morgan fingerprint density at radius 2 is 2.00 bits per heavy atom. The maximum absolute atomic E-state index is 10.6. The summed E-state index contributed by atoms with van der Waals surface area (Å²) in [5, 5.41) is 9.45. The second kappa shape index (κ2) is 3.61. The summed E-state index contributed by atoms with van der Waals surface area (Å²) in [6, 6.07) is 3.92. The molecule has 0 aliphatic rings. The third-order valence-electron chi connectivity index (χ3n) is 1.19. The monoisotopic (exact) mass is 241 g/mol. The first kappa shape index (κ1) is 10.4. The zero-order valence-corrected chi connectivity index (χ0v) is 8.49. The van der Waals surface area contributed by atoms with Crippen molar-refractivity contribution in [3.05, 3.63) is 23.2 Å². The molecule has 0 fully saturated rings. The highest BCUT2D eigenvalue weighted by atomic mass is 35.7. The van der Waals surface area contributed by atoms with Crippen molar-refractivity contribution < 1.29 is 13.5 Å². The Bertz CT molecular complexity index is 418. The molecule has 0 bridgehead atoms. The van der Waals surface area contributed by atoms with Gasteiger partial charge in [-0.05, 0) is 18.2 Å². The molecule has 2 N–H and O–H groups in total. The lowest BCUT2D eigenvalue weighted by Gasteiger charge is -2.04. The maximum atomic E-state index is 10.6. The minimum atomic E-state index is -3.91. The molecule has 0 aromatic heterocycles. The Balaban J connectivity index is 3.08. The van der Waals surface area contributed by atoms with E-state index in [-0.39, 0.29) is 11.4 Å². The van der Waals surface area contributed by atoms with Gasteiger partial charge in [0.2, 0.25) is 0 Å². The van der Waals surface area contributed by atoms with Gasteiger partial charge in [-0.3, -0.25) is 4.72 Å². The lowest BCUT2D eigenvalue weighted by molar-refractivity contribution is 0.478. The molecule has 0 aliphatic carbocycles. The Hall–Kier alpha value is -0.650. The zero-order valence-electron chi connectivity index (χ0n) is 6.16. The van der Waals surface area contributed by atoms with E-state index in [4.69, 9.17) is 27.4 Å². The van der Waals surface area contributed by atoms with Crippen molar-refractivity contribution in [2.24, 2.45) is 0 Å². The fourth-order valence-corrected chi connectivity index (χ4v) is 1.57. The number of phenols is 1. The SMILES string of the molecule is O=S(=O)(Cl)Nc1cc(Cl)ccc1O. The van der Waals surface area contributed by atoms with Crippen LogP contribution in [-0.2, 0) is 9.24 Å². The molecule has 7 heteroatoms. The van der Waals surface area contributed by atoms with Gasteiger partial charge in [0.25, 0.3) is 0 Å².